The number of sulfone groups is 1. The zero-order valence-electron chi connectivity index (χ0n) is 16.4. The Morgan fingerprint density at radius 2 is 1.62 bits per heavy atom. The highest BCUT2D eigenvalue weighted by Gasteiger charge is 2.18. The number of amides is 1. The molecule has 3 aromatic rings. The summed E-state index contributed by atoms with van der Waals surface area (Å²) in [5, 5.41) is 10.8. The molecule has 0 unspecified atom stereocenters. The average Bonchev–Trinajstić information content (AvgIpc) is 2.76. The van der Waals surface area contributed by atoms with Crippen molar-refractivity contribution < 1.29 is 13.2 Å². The van der Waals surface area contributed by atoms with Crippen molar-refractivity contribution >= 4 is 21.4 Å². The van der Waals surface area contributed by atoms with Crippen LogP contribution in [0.1, 0.15) is 31.7 Å². The molecule has 0 aliphatic carbocycles. The minimum absolute atomic E-state index is 0.0167. The van der Waals surface area contributed by atoms with E-state index in [0.717, 1.165) is 11.1 Å². The second-order valence-electron chi connectivity index (χ2n) is 6.60. The van der Waals surface area contributed by atoms with Gasteiger partial charge in [0.2, 0.25) is 5.91 Å². The highest BCUT2D eigenvalue weighted by Crippen LogP contribution is 2.23. The lowest BCUT2D eigenvalue weighted by molar-refractivity contribution is -0.117. The summed E-state index contributed by atoms with van der Waals surface area (Å²) in [4.78, 5) is 12.7. The molecule has 0 bridgehead atoms. The number of hydrogen-bond acceptors (Lipinski definition) is 5. The maximum Gasteiger partial charge on any atom is 0.231 e. The van der Waals surface area contributed by atoms with E-state index in [2.05, 4.69) is 15.5 Å². The molecule has 1 aromatic heterocycles. The second kappa shape index (κ2) is 8.96. The largest absolute Gasteiger partial charge is 0.326 e. The van der Waals surface area contributed by atoms with E-state index >= 15 is 0 Å². The minimum atomic E-state index is -3.37. The summed E-state index contributed by atoms with van der Waals surface area (Å²) >= 11 is 0. The Labute approximate surface area is 170 Å². The van der Waals surface area contributed by atoms with Crippen LogP contribution in [-0.4, -0.2) is 30.3 Å². The standard InChI is InChI=1S/C22H23N3O3S/c1-3-19(16-8-6-5-7-9-16)22(26)23-18-12-10-17(11-13-18)20-14-15-21(25-24-20)29(27,28)4-2/h5-15,19H,3-4H2,1-2H3,(H,23,26)/t19-/m0/s1. The molecule has 0 fully saturated rings. The van der Waals surface area contributed by atoms with Gasteiger partial charge in [-0.2, -0.15) is 0 Å². The summed E-state index contributed by atoms with van der Waals surface area (Å²) in [6, 6.07) is 20.0. The van der Waals surface area contributed by atoms with Gasteiger partial charge in [0.15, 0.2) is 14.9 Å². The molecule has 7 heteroatoms. The van der Waals surface area contributed by atoms with Crippen molar-refractivity contribution in [1.29, 1.82) is 0 Å². The van der Waals surface area contributed by atoms with Gasteiger partial charge >= 0.3 is 0 Å². The van der Waals surface area contributed by atoms with Crippen LogP contribution < -0.4 is 5.32 Å². The van der Waals surface area contributed by atoms with E-state index in [4.69, 9.17) is 0 Å². The Balaban J connectivity index is 1.72. The monoisotopic (exact) mass is 409 g/mol. The number of aromatic nitrogens is 2. The Kier molecular flexibility index (Phi) is 6.39. The summed E-state index contributed by atoms with van der Waals surface area (Å²) in [5.74, 6) is -0.285. The van der Waals surface area contributed by atoms with Crippen LogP contribution in [0.25, 0.3) is 11.3 Å². The number of hydrogen-bond donors (Lipinski definition) is 1. The van der Waals surface area contributed by atoms with Gasteiger partial charge in [-0.15, -0.1) is 10.2 Å². The van der Waals surface area contributed by atoms with E-state index in [-0.39, 0.29) is 22.6 Å². The number of anilines is 1. The van der Waals surface area contributed by atoms with E-state index in [0.29, 0.717) is 17.8 Å². The second-order valence-corrected chi connectivity index (χ2v) is 8.82. The van der Waals surface area contributed by atoms with Crippen molar-refractivity contribution in [3.63, 3.8) is 0 Å². The van der Waals surface area contributed by atoms with Gasteiger partial charge in [-0.25, -0.2) is 8.42 Å². The summed E-state index contributed by atoms with van der Waals surface area (Å²) < 4.78 is 23.7. The van der Waals surface area contributed by atoms with Gasteiger partial charge in [0.1, 0.15) is 0 Å². The molecule has 2 aromatic carbocycles. The molecule has 3 rings (SSSR count). The zero-order valence-corrected chi connectivity index (χ0v) is 17.2. The fraction of sp³-hybridized carbons (Fsp3) is 0.227. The normalized spacial score (nSPS) is 12.3. The molecule has 0 aliphatic rings. The molecule has 150 valence electrons. The van der Waals surface area contributed by atoms with Gasteiger partial charge in [0.25, 0.3) is 0 Å². The van der Waals surface area contributed by atoms with Gasteiger partial charge in [-0.3, -0.25) is 4.79 Å². The van der Waals surface area contributed by atoms with Crippen LogP contribution in [0.4, 0.5) is 5.69 Å². The topological polar surface area (TPSA) is 89.0 Å². The number of rotatable bonds is 7. The van der Waals surface area contributed by atoms with Crippen LogP contribution in [0.3, 0.4) is 0 Å². The molecule has 29 heavy (non-hydrogen) atoms. The molecule has 1 N–H and O–H groups in total. The lowest BCUT2D eigenvalue weighted by Gasteiger charge is -2.15. The molecule has 0 radical (unpaired) electrons. The van der Waals surface area contributed by atoms with Crippen molar-refractivity contribution in [3.05, 3.63) is 72.3 Å². The van der Waals surface area contributed by atoms with Gasteiger partial charge in [-0.1, -0.05) is 56.3 Å². The quantitative estimate of drug-likeness (QED) is 0.635. The van der Waals surface area contributed by atoms with Gasteiger partial charge in [0.05, 0.1) is 17.4 Å². The van der Waals surface area contributed by atoms with Crippen LogP contribution in [0, 0.1) is 0 Å². The third kappa shape index (κ3) is 4.86. The molecule has 6 nitrogen and oxygen atoms in total. The smallest absolute Gasteiger partial charge is 0.231 e. The number of carbonyl (C=O) groups is 1. The lowest BCUT2D eigenvalue weighted by atomic mass is 9.95. The summed E-state index contributed by atoms with van der Waals surface area (Å²) in [7, 11) is -3.37. The predicted molar refractivity (Wildman–Crippen MR) is 113 cm³/mol. The van der Waals surface area contributed by atoms with Crippen LogP contribution >= 0.6 is 0 Å². The predicted octanol–water partition coefficient (Wildman–Crippen LogP) is 4.07. The van der Waals surface area contributed by atoms with Gasteiger partial charge in [-0.05, 0) is 36.2 Å². The first-order valence-corrected chi connectivity index (χ1v) is 11.1. The van der Waals surface area contributed by atoms with Crippen LogP contribution in [0.5, 0.6) is 0 Å². The van der Waals surface area contributed by atoms with E-state index < -0.39 is 9.84 Å². The highest BCUT2D eigenvalue weighted by molar-refractivity contribution is 7.91. The first-order valence-electron chi connectivity index (χ1n) is 9.47. The third-order valence-electron chi connectivity index (χ3n) is 4.71. The molecule has 1 amide bonds. The molecule has 1 heterocycles. The van der Waals surface area contributed by atoms with Crippen LogP contribution in [0.2, 0.25) is 0 Å². The zero-order chi connectivity index (χ0) is 20.9. The summed E-state index contributed by atoms with van der Waals surface area (Å²) in [5.41, 5.74) is 3.02. The fourth-order valence-electron chi connectivity index (χ4n) is 3.00. The Hall–Kier alpha value is -3.06. The lowest BCUT2D eigenvalue weighted by Crippen LogP contribution is -2.20. The molecule has 1 atom stereocenters. The first kappa shape index (κ1) is 20.7. The Morgan fingerprint density at radius 1 is 0.931 bits per heavy atom. The third-order valence-corrected chi connectivity index (χ3v) is 6.33. The van der Waals surface area contributed by atoms with Gasteiger partial charge in [0, 0.05) is 11.3 Å². The van der Waals surface area contributed by atoms with Crippen molar-refractivity contribution in [1.82, 2.24) is 10.2 Å². The van der Waals surface area contributed by atoms with Crippen molar-refractivity contribution in [3.8, 4) is 11.3 Å². The summed E-state index contributed by atoms with van der Waals surface area (Å²) in [6.07, 6.45) is 0.705. The van der Waals surface area contributed by atoms with E-state index in [9.17, 15) is 13.2 Å². The molecular weight excluding hydrogens is 386 g/mol. The van der Waals surface area contributed by atoms with Crippen molar-refractivity contribution in [2.24, 2.45) is 0 Å². The van der Waals surface area contributed by atoms with E-state index in [1.54, 1.807) is 25.1 Å². The highest BCUT2D eigenvalue weighted by atomic mass is 32.2. The minimum Gasteiger partial charge on any atom is -0.326 e. The van der Waals surface area contributed by atoms with Gasteiger partial charge < -0.3 is 5.32 Å². The Bertz CT molecular complexity index is 1060. The molecule has 0 saturated carbocycles. The number of nitrogens with one attached hydrogen (secondary N) is 1. The first-order chi connectivity index (χ1) is 13.9. The Morgan fingerprint density at radius 3 is 2.17 bits per heavy atom. The van der Waals surface area contributed by atoms with Crippen LogP contribution in [-0.2, 0) is 14.6 Å². The SMILES string of the molecule is CC[C@H](C(=O)Nc1ccc(-c2ccc(S(=O)(=O)CC)nn2)cc1)c1ccccc1. The molecular formula is C22H23N3O3S. The number of nitrogens with zero attached hydrogens (tertiary/aromatic N) is 2. The molecule has 0 spiro atoms. The van der Waals surface area contributed by atoms with Crippen molar-refractivity contribution in [2.45, 2.75) is 31.2 Å². The average molecular weight is 410 g/mol. The van der Waals surface area contributed by atoms with Crippen molar-refractivity contribution in [2.75, 3.05) is 11.1 Å². The van der Waals surface area contributed by atoms with E-state index in [1.165, 1.54) is 6.07 Å². The maximum atomic E-state index is 12.7. The fourth-order valence-corrected chi connectivity index (χ4v) is 3.74. The van der Waals surface area contributed by atoms with E-state index in [1.807, 2.05) is 49.4 Å². The molecule has 0 aliphatic heterocycles. The number of benzene rings is 2. The van der Waals surface area contributed by atoms with Crippen LogP contribution in [0.15, 0.2) is 71.8 Å². The maximum absolute atomic E-state index is 12.7. The molecule has 0 saturated heterocycles. The summed E-state index contributed by atoms with van der Waals surface area (Å²) in [6.45, 7) is 3.56. The number of carbonyl (C=O) groups excluding carboxylic acids is 1.